The molecule has 0 radical (unpaired) electrons. The van der Waals surface area contributed by atoms with Gasteiger partial charge in [0.1, 0.15) is 6.54 Å². The first-order chi connectivity index (χ1) is 17.3. The first-order valence-electron chi connectivity index (χ1n) is 12.7. The Balaban J connectivity index is 1.73. The van der Waals surface area contributed by atoms with Crippen molar-refractivity contribution in [3.05, 3.63) is 51.1 Å². The molecule has 10 heteroatoms. The lowest BCUT2D eigenvalue weighted by Gasteiger charge is -2.35. The Kier molecular flexibility index (Phi) is 8.15. The standard InChI is InChI=1S/C26H36N6O4/c1-6-35-22(33)15-32-25(28-29-30-32)24(16(2)3)31(14-20-8-7-11-36-20)13-19-12-21-17(4)9-10-18(5)23(21)27-26(19)34/h9-10,12,16,20,24H,6-8,11,13-15H2,1-5H3,(H,27,34)/t20-,24-/m0/s1. The molecular formula is C26H36N6O4. The van der Waals surface area contributed by atoms with Gasteiger partial charge in [0.05, 0.1) is 24.3 Å². The molecule has 1 fully saturated rings. The summed E-state index contributed by atoms with van der Waals surface area (Å²) >= 11 is 0. The van der Waals surface area contributed by atoms with Crippen molar-refractivity contribution in [2.24, 2.45) is 5.92 Å². The van der Waals surface area contributed by atoms with E-state index < -0.39 is 5.97 Å². The predicted octanol–water partition coefficient (Wildman–Crippen LogP) is 3.07. The van der Waals surface area contributed by atoms with Crippen molar-refractivity contribution in [3.8, 4) is 0 Å². The summed E-state index contributed by atoms with van der Waals surface area (Å²) in [4.78, 5) is 30.7. The topological polar surface area (TPSA) is 115 Å². The van der Waals surface area contributed by atoms with E-state index in [0.717, 1.165) is 41.5 Å². The third-order valence-electron chi connectivity index (χ3n) is 6.79. The van der Waals surface area contributed by atoms with E-state index in [9.17, 15) is 9.59 Å². The first-order valence-corrected chi connectivity index (χ1v) is 12.7. The van der Waals surface area contributed by atoms with Crippen LogP contribution in [0.4, 0.5) is 0 Å². The molecule has 3 heterocycles. The van der Waals surface area contributed by atoms with E-state index in [1.54, 1.807) is 6.92 Å². The zero-order chi connectivity index (χ0) is 25.8. The molecule has 1 aromatic carbocycles. The van der Waals surface area contributed by atoms with Gasteiger partial charge >= 0.3 is 5.97 Å². The second-order valence-electron chi connectivity index (χ2n) is 9.86. The van der Waals surface area contributed by atoms with Crippen LogP contribution in [0.15, 0.2) is 23.0 Å². The van der Waals surface area contributed by atoms with Crippen LogP contribution in [0.3, 0.4) is 0 Å². The summed E-state index contributed by atoms with van der Waals surface area (Å²) < 4.78 is 12.6. The van der Waals surface area contributed by atoms with Crippen molar-refractivity contribution in [2.75, 3.05) is 19.8 Å². The van der Waals surface area contributed by atoms with Crippen molar-refractivity contribution < 1.29 is 14.3 Å². The number of carbonyl (C=O) groups excluding carboxylic acids is 1. The zero-order valence-electron chi connectivity index (χ0n) is 21.8. The maximum absolute atomic E-state index is 13.2. The molecule has 10 nitrogen and oxygen atoms in total. The number of H-pyrrole nitrogens is 1. The van der Waals surface area contributed by atoms with Crippen LogP contribution in [0, 0.1) is 19.8 Å². The summed E-state index contributed by atoms with van der Waals surface area (Å²) in [5.74, 6) is 0.276. The number of rotatable bonds is 10. The van der Waals surface area contributed by atoms with E-state index in [1.807, 2.05) is 19.1 Å². The molecule has 2 atom stereocenters. The molecule has 0 spiro atoms. The molecular weight excluding hydrogens is 460 g/mol. The number of esters is 1. The zero-order valence-corrected chi connectivity index (χ0v) is 21.8. The molecule has 3 aromatic rings. The Labute approximate surface area is 211 Å². The fourth-order valence-corrected chi connectivity index (χ4v) is 5.03. The number of carbonyl (C=O) groups is 1. The fourth-order valence-electron chi connectivity index (χ4n) is 5.03. The normalized spacial score (nSPS) is 16.8. The van der Waals surface area contributed by atoms with Gasteiger partial charge in [0.15, 0.2) is 5.82 Å². The van der Waals surface area contributed by atoms with E-state index in [-0.39, 0.29) is 30.2 Å². The van der Waals surface area contributed by atoms with Gasteiger partial charge in [-0.15, -0.1) is 5.10 Å². The average molecular weight is 497 g/mol. The van der Waals surface area contributed by atoms with Crippen LogP contribution in [-0.4, -0.2) is 61.9 Å². The van der Waals surface area contributed by atoms with Crippen molar-refractivity contribution >= 4 is 16.9 Å². The highest BCUT2D eigenvalue weighted by Gasteiger charge is 2.33. The highest BCUT2D eigenvalue weighted by molar-refractivity contribution is 5.85. The van der Waals surface area contributed by atoms with Crippen LogP contribution >= 0.6 is 0 Å². The molecule has 1 aliphatic heterocycles. The number of nitrogens with one attached hydrogen (secondary N) is 1. The minimum Gasteiger partial charge on any atom is -0.465 e. The number of fused-ring (bicyclic) bond motifs is 1. The fraction of sp³-hybridized carbons (Fsp3) is 0.577. The van der Waals surface area contributed by atoms with E-state index in [0.29, 0.717) is 31.1 Å². The molecule has 0 saturated carbocycles. The number of nitrogens with zero attached hydrogens (tertiary/aromatic N) is 5. The number of ether oxygens (including phenoxy) is 2. The lowest BCUT2D eigenvalue weighted by molar-refractivity contribution is -0.144. The van der Waals surface area contributed by atoms with Gasteiger partial charge in [-0.05, 0) is 67.2 Å². The average Bonchev–Trinajstić information content (AvgIpc) is 3.50. The maximum Gasteiger partial charge on any atom is 0.327 e. The molecule has 36 heavy (non-hydrogen) atoms. The quantitative estimate of drug-likeness (QED) is 0.426. The molecule has 0 aliphatic carbocycles. The van der Waals surface area contributed by atoms with Gasteiger partial charge < -0.3 is 14.5 Å². The number of aromatic nitrogens is 5. The summed E-state index contributed by atoms with van der Waals surface area (Å²) in [6.45, 7) is 12.0. The van der Waals surface area contributed by atoms with Crippen molar-refractivity contribution in [2.45, 2.75) is 72.7 Å². The highest BCUT2D eigenvalue weighted by atomic mass is 16.5. The summed E-state index contributed by atoms with van der Waals surface area (Å²) in [6.07, 6.45) is 2.03. The number of benzene rings is 1. The van der Waals surface area contributed by atoms with Gasteiger partial charge in [-0.25, -0.2) is 4.68 Å². The molecule has 4 rings (SSSR count). The lowest BCUT2D eigenvalue weighted by atomic mass is 9.99. The highest BCUT2D eigenvalue weighted by Crippen LogP contribution is 2.30. The Hall–Kier alpha value is -3.11. The molecule has 0 bridgehead atoms. The minimum absolute atomic E-state index is 0.0594. The van der Waals surface area contributed by atoms with Crippen LogP contribution in [0.5, 0.6) is 0 Å². The predicted molar refractivity (Wildman–Crippen MR) is 135 cm³/mol. The third kappa shape index (κ3) is 5.65. The van der Waals surface area contributed by atoms with Gasteiger partial charge in [0.25, 0.3) is 5.56 Å². The van der Waals surface area contributed by atoms with Gasteiger partial charge in [-0.1, -0.05) is 26.0 Å². The molecule has 0 amide bonds. The largest absolute Gasteiger partial charge is 0.465 e. The van der Waals surface area contributed by atoms with Crippen LogP contribution in [0.2, 0.25) is 0 Å². The molecule has 0 unspecified atom stereocenters. The smallest absolute Gasteiger partial charge is 0.327 e. The van der Waals surface area contributed by atoms with E-state index in [4.69, 9.17) is 9.47 Å². The number of aryl methyl sites for hydroxylation is 2. The number of tetrazole rings is 1. The van der Waals surface area contributed by atoms with Crippen molar-refractivity contribution in [1.29, 1.82) is 0 Å². The Bertz CT molecular complexity index is 1260. The van der Waals surface area contributed by atoms with Gasteiger partial charge in [-0.2, -0.15) is 0 Å². The second kappa shape index (κ2) is 11.3. The van der Waals surface area contributed by atoms with E-state index >= 15 is 0 Å². The van der Waals surface area contributed by atoms with Crippen molar-refractivity contribution in [1.82, 2.24) is 30.1 Å². The van der Waals surface area contributed by atoms with Crippen LogP contribution in [0.25, 0.3) is 10.9 Å². The Morgan fingerprint density at radius 2 is 2.08 bits per heavy atom. The van der Waals surface area contributed by atoms with Gasteiger partial charge in [0.2, 0.25) is 0 Å². The summed E-state index contributed by atoms with van der Waals surface area (Å²) in [7, 11) is 0. The Morgan fingerprint density at radius 3 is 2.78 bits per heavy atom. The van der Waals surface area contributed by atoms with E-state index in [1.165, 1.54) is 4.68 Å². The molecule has 2 aromatic heterocycles. The minimum atomic E-state index is -0.393. The number of hydrogen-bond donors (Lipinski definition) is 1. The summed E-state index contributed by atoms with van der Waals surface area (Å²) in [6, 6.07) is 5.85. The second-order valence-corrected chi connectivity index (χ2v) is 9.86. The molecule has 1 aliphatic rings. The van der Waals surface area contributed by atoms with Crippen LogP contribution < -0.4 is 5.56 Å². The number of aromatic amines is 1. The molecule has 194 valence electrons. The monoisotopic (exact) mass is 496 g/mol. The molecule has 1 saturated heterocycles. The maximum atomic E-state index is 13.2. The number of pyridine rings is 1. The van der Waals surface area contributed by atoms with Gasteiger partial charge in [-0.3, -0.25) is 14.5 Å². The molecule has 1 N–H and O–H groups in total. The SMILES string of the molecule is CCOC(=O)Cn1nnnc1[C@H](C(C)C)N(Cc1cc2c(C)ccc(C)c2[nH]c1=O)C[C@@H]1CCCO1. The number of hydrogen-bond acceptors (Lipinski definition) is 8. The lowest BCUT2D eigenvalue weighted by Crippen LogP contribution is -2.40. The third-order valence-corrected chi connectivity index (χ3v) is 6.79. The Morgan fingerprint density at radius 1 is 1.31 bits per heavy atom. The van der Waals surface area contributed by atoms with Gasteiger partial charge in [0, 0.05) is 30.6 Å². The first kappa shape index (κ1) is 26.0. The van der Waals surface area contributed by atoms with Crippen LogP contribution in [0.1, 0.15) is 62.2 Å². The van der Waals surface area contributed by atoms with Crippen molar-refractivity contribution in [3.63, 3.8) is 0 Å². The van der Waals surface area contributed by atoms with Crippen LogP contribution in [-0.2, 0) is 27.4 Å². The summed E-state index contributed by atoms with van der Waals surface area (Å²) in [5.41, 5.74) is 3.57. The van der Waals surface area contributed by atoms with E-state index in [2.05, 4.69) is 52.2 Å². The summed E-state index contributed by atoms with van der Waals surface area (Å²) in [5, 5.41) is 13.3.